The predicted octanol–water partition coefficient (Wildman–Crippen LogP) is 6.12. The summed E-state index contributed by atoms with van der Waals surface area (Å²) in [6, 6.07) is 1.63. The van der Waals surface area contributed by atoms with Crippen LogP contribution >= 0.6 is 46.4 Å². The van der Waals surface area contributed by atoms with Gasteiger partial charge in [0.15, 0.2) is 0 Å². The maximum absolute atomic E-state index is 6.54. The smallest absolute Gasteiger partial charge is 0.0922 e. The van der Waals surface area contributed by atoms with Gasteiger partial charge in [0.2, 0.25) is 0 Å². The van der Waals surface area contributed by atoms with Crippen LogP contribution in [0.25, 0.3) is 10.9 Å². The molecule has 3 rings (SSSR count). The third-order valence-corrected chi connectivity index (χ3v) is 5.06. The largest absolute Gasteiger partial charge is 0.251 e. The lowest BCUT2D eigenvalue weighted by molar-refractivity contribution is 0.709. The molecule has 0 spiro atoms. The number of hydrogen-bond acceptors (Lipinski definition) is 1. The topological polar surface area (TPSA) is 12.9 Å². The third kappa shape index (κ3) is 2.31. The van der Waals surface area contributed by atoms with Gasteiger partial charge in [-0.15, -0.1) is 0 Å². The van der Waals surface area contributed by atoms with Gasteiger partial charge >= 0.3 is 0 Å². The zero-order chi connectivity index (χ0) is 13.6. The molecule has 1 heterocycles. The lowest BCUT2D eigenvalue weighted by Crippen LogP contribution is -1.99. The molecule has 100 valence electrons. The van der Waals surface area contributed by atoms with Gasteiger partial charge in [0, 0.05) is 11.1 Å². The molecule has 1 aliphatic rings. The van der Waals surface area contributed by atoms with E-state index in [0.29, 0.717) is 31.0 Å². The van der Waals surface area contributed by atoms with Crippen LogP contribution in [0.3, 0.4) is 0 Å². The molecule has 2 aromatic rings. The van der Waals surface area contributed by atoms with Crippen molar-refractivity contribution in [3.8, 4) is 0 Å². The van der Waals surface area contributed by atoms with E-state index in [1.807, 2.05) is 0 Å². The minimum Gasteiger partial charge on any atom is -0.251 e. The van der Waals surface area contributed by atoms with Crippen LogP contribution in [0.1, 0.15) is 30.5 Å². The highest BCUT2D eigenvalue weighted by Gasteiger charge is 2.20. The molecule has 0 saturated heterocycles. The summed E-state index contributed by atoms with van der Waals surface area (Å²) in [7, 11) is 0. The van der Waals surface area contributed by atoms with Crippen LogP contribution in [0.4, 0.5) is 0 Å². The van der Waals surface area contributed by atoms with Gasteiger partial charge < -0.3 is 0 Å². The highest BCUT2D eigenvalue weighted by atomic mass is 35.5. The quantitative estimate of drug-likeness (QED) is 0.418. The van der Waals surface area contributed by atoms with Gasteiger partial charge in [0.05, 0.1) is 25.6 Å². The molecule has 0 fully saturated rings. The van der Waals surface area contributed by atoms with Crippen LogP contribution in [-0.4, -0.2) is 4.98 Å². The van der Waals surface area contributed by atoms with Crippen molar-refractivity contribution in [1.82, 2.24) is 4.98 Å². The molecule has 1 aromatic carbocycles. The monoisotopic (exact) mass is 333 g/mol. The van der Waals surface area contributed by atoms with Gasteiger partial charge in [-0.2, -0.15) is 0 Å². The van der Waals surface area contributed by atoms with Crippen molar-refractivity contribution >= 4 is 57.3 Å². The fourth-order valence-electron chi connectivity index (χ4n) is 2.61. The molecule has 0 N–H and O–H groups in total. The molecule has 19 heavy (non-hydrogen) atoms. The SMILES string of the molecule is Clc1cc(Cl)c2nc3c(c(Cl)c2c1Cl)CCCCC3. The van der Waals surface area contributed by atoms with Gasteiger partial charge in [0.25, 0.3) is 0 Å². The summed E-state index contributed by atoms with van der Waals surface area (Å²) in [6.07, 6.45) is 5.36. The lowest BCUT2D eigenvalue weighted by atomic mass is 10.0. The standard InChI is InChI=1S/C14H11Cl4N/c15-8-6-9(16)14-11(13(8)18)12(17)7-4-2-1-3-5-10(7)19-14/h6H,1-5H2. The number of benzene rings is 1. The number of hydrogen-bond donors (Lipinski definition) is 0. The first-order chi connectivity index (χ1) is 9.09. The summed E-state index contributed by atoms with van der Waals surface area (Å²) < 4.78 is 0. The molecule has 0 bridgehead atoms. The van der Waals surface area contributed by atoms with Crippen molar-refractivity contribution < 1.29 is 0 Å². The minimum absolute atomic E-state index is 0.413. The van der Waals surface area contributed by atoms with Crippen molar-refractivity contribution in [2.45, 2.75) is 32.1 Å². The first kappa shape index (κ1) is 13.8. The van der Waals surface area contributed by atoms with E-state index in [4.69, 9.17) is 46.4 Å². The minimum atomic E-state index is 0.413. The van der Waals surface area contributed by atoms with Crippen molar-refractivity contribution in [1.29, 1.82) is 0 Å². The highest BCUT2D eigenvalue weighted by Crippen LogP contribution is 2.41. The first-order valence-electron chi connectivity index (χ1n) is 6.24. The molecule has 1 aliphatic carbocycles. The average Bonchev–Trinajstić information content (AvgIpc) is 2.61. The Balaban J connectivity index is 2.41. The number of halogens is 4. The number of rotatable bonds is 0. The molecule has 5 heteroatoms. The van der Waals surface area contributed by atoms with Crippen LogP contribution < -0.4 is 0 Å². The molecule has 0 radical (unpaired) electrons. The Kier molecular flexibility index (Phi) is 3.83. The molecule has 1 nitrogen and oxygen atoms in total. The molecule has 1 aromatic heterocycles. The first-order valence-corrected chi connectivity index (χ1v) is 7.75. The summed E-state index contributed by atoms with van der Waals surface area (Å²) in [5.74, 6) is 0. The fraction of sp³-hybridized carbons (Fsp3) is 0.357. The van der Waals surface area contributed by atoms with Gasteiger partial charge in [-0.25, -0.2) is 0 Å². The van der Waals surface area contributed by atoms with E-state index in [0.717, 1.165) is 36.9 Å². The molecule has 0 saturated carbocycles. The van der Waals surface area contributed by atoms with E-state index in [1.54, 1.807) is 6.07 Å². The number of aryl methyl sites for hydroxylation is 1. The van der Waals surface area contributed by atoms with Crippen molar-refractivity contribution in [2.75, 3.05) is 0 Å². The Morgan fingerprint density at radius 2 is 1.58 bits per heavy atom. The Bertz CT molecular complexity index is 667. The summed E-state index contributed by atoms with van der Waals surface area (Å²) in [4.78, 5) is 4.68. The van der Waals surface area contributed by atoms with E-state index in [2.05, 4.69) is 4.98 Å². The fourth-order valence-corrected chi connectivity index (χ4v) is 3.79. The third-order valence-electron chi connectivity index (χ3n) is 3.57. The Hall–Kier alpha value is -0.210. The van der Waals surface area contributed by atoms with E-state index in [-0.39, 0.29) is 0 Å². The van der Waals surface area contributed by atoms with E-state index in [1.165, 1.54) is 6.42 Å². The second-order valence-electron chi connectivity index (χ2n) is 4.79. The van der Waals surface area contributed by atoms with Gasteiger partial charge in [-0.05, 0) is 37.3 Å². The Morgan fingerprint density at radius 3 is 2.37 bits per heavy atom. The zero-order valence-corrected chi connectivity index (χ0v) is 13.1. The van der Waals surface area contributed by atoms with Crippen molar-refractivity contribution in [3.63, 3.8) is 0 Å². The van der Waals surface area contributed by atoms with Crippen molar-refractivity contribution in [2.24, 2.45) is 0 Å². The Labute approximate surface area is 131 Å². The number of fused-ring (bicyclic) bond motifs is 2. The van der Waals surface area contributed by atoms with E-state index in [9.17, 15) is 0 Å². The Morgan fingerprint density at radius 1 is 0.842 bits per heavy atom. The van der Waals surface area contributed by atoms with Crippen LogP contribution in [-0.2, 0) is 12.8 Å². The maximum Gasteiger partial charge on any atom is 0.0922 e. The van der Waals surface area contributed by atoms with E-state index < -0.39 is 0 Å². The second-order valence-corrected chi connectivity index (χ2v) is 6.36. The maximum atomic E-state index is 6.54. The average molecular weight is 335 g/mol. The molecule has 0 aliphatic heterocycles. The van der Waals surface area contributed by atoms with Crippen LogP contribution in [0.2, 0.25) is 20.1 Å². The van der Waals surface area contributed by atoms with E-state index >= 15 is 0 Å². The van der Waals surface area contributed by atoms with Crippen LogP contribution in [0.15, 0.2) is 6.07 Å². The lowest BCUT2D eigenvalue weighted by Gasteiger charge is -2.13. The molecular weight excluding hydrogens is 324 g/mol. The number of pyridine rings is 1. The normalized spacial score (nSPS) is 15.4. The molecule has 0 atom stereocenters. The highest BCUT2D eigenvalue weighted by molar-refractivity contribution is 6.50. The predicted molar refractivity (Wildman–Crippen MR) is 83.0 cm³/mol. The molecule has 0 unspecified atom stereocenters. The molecule has 0 amide bonds. The summed E-state index contributed by atoms with van der Waals surface area (Å²) in [5.41, 5.74) is 2.81. The number of aromatic nitrogens is 1. The summed E-state index contributed by atoms with van der Waals surface area (Å²) in [6.45, 7) is 0. The van der Waals surface area contributed by atoms with Crippen LogP contribution in [0.5, 0.6) is 0 Å². The summed E-state index contributed by atoms with van der Waals surface area (Å²) in [5, 5.41) is 2.69. The zero-order valence-electron chi connectivity index (χ0n) is 10.1. The van der Waals surface area contributed by atoms with Crippen molar-refractivity contribution in [3.05, 3.63) is 37.4 Å². The van der Waals surface area contributed by atoms with Gasteiger partial charge in [-0.1, -0.05) is 52.8 Å². The second kappa shape index (κ2) is 5.29. The summed E-state index contributed by atoms with van der Waals surface area (Å²) >= 11 is 25.1. The molecular formula is C14H11Cl4N. The van der Waals surface area contributed by atoms with Gasteiger partial charge in [-0.3, -0.25) is 4.98 Å². The number of nitrogens with zero attached hydrogens (tertiary/aromatic N) is 1. The van der Waals surface area contributed by atoms with Gasteiger partial charge in [0.1, 0.15) is 0 Å². The van der Waals surface area contributed by atoms with Crippen LogP contribution in [0, 0.1) is 0 Å².